The molecule has 0 spiro atoms. The number of hydrogen-bond acceptors (Lipinski definition) is 1. The monoisotopic (exact) mass is 237 g/mol. The lowest BCUT2D eigenvalue weighted by Crippen LogP contribution is -2.58. The van der Waals surface area contributed by atoms with E-state index >= 15 is 0 Å². The predicted octanol–water partition coefficient (Wildman–Crippen LogP) is 1.68. The molecule has 0 radical (unpaired) electrons. The molecule has 0 aromatic heterocycles. The van der Waals surface area contributed by atoms with E-state index in [4.69, 9.17) is 0 Å². The van der Waals surface area contributed by atoms with Gasteiger partial charge < -0.3 is 5.32 Å². The number of anilines is 1. The van der Waals surface area contributed by atoms with Crippen LogP contribution in [-0.4, -0.2) is 12.8 Å². The van der Waals surface area contributed by atoms with E-state index in [1.807, 2.05) is 6.07 Å². The van der Waals surface area contributed by atoms with Crippen molar-refractivity contribution in [2.45, 2.75) is 12.8 Å². The molecule has 0 saturated carbocycles. The number of para-hydroxylation sites is 2. The normalized spacial score (nSPS) is 14.2. The van der Waals surface area contributed by atoms with Crippen molar-refractivity contribution in [3.63, 3.8) is 0 Å². The summed E-state index contributed by atoms with van der Waals surface area (Å²) in [6, 6.07) is 16.8. The zero-order valence-corrected chi connectivity index (χ0v) is 10.3. The van der Waals surface area contributed by atoms with Crippen LogP contribution in [0.15, 0.2) is 48.5 Å². The van der Waals surface area contributed by atoms with Crippen molar-refractivity contribution >= 4 is 17.6 Å². The molecule has 0 saturated heterocycles. The highest BCUT2D eigenvalue weighted by Gasteiger charge is 2.09. The Balaban J connectivity index is 0.000000111. The van der Waals surface area contributed by atoms with Gasteiger partial charge in [0.15, 0.2) is 0 Å². The lowest BCUT2D eigenvalue weighted by atomic mass is 10.2. The van der Waals surface area contributed by atoms with Gasteiger partial charge in [-0.2, -0.15) is 0 Å². The highest BCUT2D eigenvalue weighted by molar-refractivity contribution is 5.65. The first-order chi connectivity index (χ1) is 8.93. The molecule has 0 aliphatic carbocycles. The van der Waals surface area contributed by atoms with Gasteiger partial charge in [0.25, 0.3) is 0 Å². The molecule has 2 N–H and O–H groups in total. The summed E-state index contributed by atoms with van der Waals surface area (Å²) in [5.74, 6) is 0. The lowest BCUT2D eigenvalue weighted by molar-refractivity contribution is -0.343. The van der Waals surface area contributed by atoms with Gasteiger partial charge in [-0.25, -0.2) is 4.99 Å². The molecule has 90 valence electrons. The van der Waals surface area contributed by atoms with Crippen molar-refractivity contribution in [1.82, 2.24) is 0 Å². The van der Waals surface area contributed by atoms with Crippen LogP contribution in [0.4, 0.5) is 11.4 Å². The van der Waals surface area contributed by atoms with Crippen LogP contribution in [-0.2, 0) is 12.8 Å². The maximum absolute atomic E-state index is 3.30. The van der Waals surface area contributed by atoms with E-state index in [9.17, 15) is 0 Å². The summed E-state index contributed by atoms with van der Waals surface area (Å²) in [7, 11) is 0. The second kappa shape index (κ2) is 5.05. The Kier molecular flexibility index (Phi) is 3.09. The molecule has 2 aliphatic rings. The van der Waals surface area contributed by atoms with E-state index in [0.29, 0.717) is 0 Å². The molecule has 0 amide bonds. The zero-order chi connectivity index (χ0) is 12.2. The topological polar surface area (TPSA) is 26.0 Å². The van der Waals surface area contributed by atoms with Crippen molar-refractivity contribution < 1.29 is 4.99 Å². The van der Waals surface area contributed by atoms with E-state index in [0.717, 1.165) is 13.0 Å². The highest BCUT2D eigenvalue weighted by atomic mass is 14.9. The van der Waals surface area contributed by atoms with Gasteiger partial charge in [-0.3, -0.25) is 0 Å². The molecule has 18 heavy (non-hydrogen) atoms. The average Bonchev–Trinajstić information content (AvgIpc) is 3.08. The third-order valence-electron chi connectivity index (χ3n) is 3.32. The van der Waals surface area contributed by atoms with Gasteiger partial charge in [0.2, 0.25) is 5.69 Å². The lowest BCUT2D eigenvalue weighted by Gasteiger charge is -1.94. The molecule has 0 unspecified atom stereocenters. The minimum Gasteiger partial charge on any atom is -0.384 e. The Labute approximate surface area is 107 Å². The number of nitrogens with one attached hydrogen (secondary N) is 2. The summed E-state index contributed by atoms with van der Waals surface area (Å²) in [6.07, 6.45) is 4.33. The van der Waals surface area contributed by atoms with Crippen LogP contribution in [0.25, 0.3) is 0 Å². The fourth-order valence-corrected chi connectivity index (χ4v) is 2.35. The van der Waals surface area contributed by atoms with E-state index in [2.05, 4.69) is 59.0 Å². The first-order valence-corrected chi connectivity index (χ1v) is 6.41. The first-order valence-electron chi connectivity index (χ1n) is 6.41. The van der Waals surface area contributed by atoms with Crippen molar-refractivity contribution in [1.29, 1.82) is 0 Å². The molecule has 0 bridgehead atoms. The largest absolute Gasteiger partial charge is 0.384 e. The SMILES string of the molecule is C1=[NH+]c2ccccc2C1.c1ccc2c(c1)CCN2. The van der Waals surface area contributed by atoms with Crippen molar-refractivity contribution in [2.75, 3.05) is 11.9 Å². The highest BCUT2D eigenvalue weighted by Crippen LogP contribution is 2.19. The van der Waals surface area contributed by atoms with Crippen molar-refractivity contribution in [2.24, 2.45) is 0 Å². The van der Waals surface area contributed by atoms with Crippen molar-refractivity contribution in [3.8, 4) is 0 Å². The van der Waals surface area contributed by atoms with Crippen molar-refractivity contribution in [3.05, 3.63) is 59.7 Å². The summed E-state index contributed by atoms with van der Waals surface area (Å²) in [4.78, 5) is 3.18. The molecular formula is C16H17N2+. The summed E-state index contributed by atoms with van der Waals surface area (Å²) in [5, 5.41) is 3.30. The quantitative estimate of drug-likeness (QED) is 0.716. The smallest absolute Gasteiger partial charge is 0.206 e. The van der Waals surface area contributed by atoms with E-state index in [1.54, 1.807) is 0 Å². The van der Waals surface area contributed by atoms with Crippen LogP contribution in [0.5, 0.6) is 0 Å². The Morgan fingerprint density at radius 3 is 2.50 bits per heavy atom. The van der Waals surface area contributed by atoms with Gasteiger partial charge in [-0.1, -0.05) is 36.4 Å². The zero-order valence-electron chi connectivity index (χ0n) is 10.3. The molecule has 4 rings (SSSR count). The standard InChI is InChI=1S/C8H9N.C8H7N/c2*1-2-4-8-7(3-1)5-6-9-8/h1-4,9H,5-6H2;1-4,6H,5H2/p+1. The third kappa shape index (κ3) is 2.28. The minimum absolute atomic E-state index is 1.07. The average molecular weight is 237 g/mol. The van der Waals surface area contributed by atoms with Gasteiger partial charge in [-0.05, 0) is 18.1 Å². The van der Waals surface area contributed by atoms with Gasteiger partial charge >= 0.3 is 0 Å². The molecule has 2 heterocycles. The Bertz CT molecular complexity index is 542. The Morgan fingerprint density at radius 1 is 0.889 bits per heavy atom. The summed E-state index contributed by atoms with van der Waals surface area (Å²) in [5.41, 5.74) is 5.44. The van der Waals surface area contributed by atoms with Gasteiger partial charge in [0.05, 0.1) is 6.42 Å². The van der Waals surface area contributed by atoms with Gasteiger partial charge in [-0.15, -0.1) is 0 Å². The molecule has 0 fully saturated rings. The number of hydrogen-bond donors (Lipinski definition) is 2. The van der Waals surface area contributed by atoms with Gasteiger partial charge in [0, 0.05) is 23.9 Å². The predicted molar refractivity (Wildman–Crippen MR) is 75.5 cm³/mol. The molecule has 2 nitrogen and oxygen atoms in total. The van der Waals surface area contributed by atoms with E-state index in [1.165, 1.54) is 28.9 Å². The Hall–Kier alpha value is -2.09. The van der Waals surface area contributed by atoms with Crippen LogP contribution in [0.3, 0.4) is 0 Å². The number of fused-ring (bicyclic) bond motifs is 2. The fourth-order valence-electron chi connectivity index (χ4n) is 2.35. The van der Waals surface area contributed by atoms with Crippen LogP contribution in [0, 0.1) is 0 Å². The maximum Gasteiger partial charge on any atom is 0.206 e. The first kappa shape index (κ1) is 11.0. The summed E-state index contributed by atoms with van der Waals surface area (Å²) >= 11 is 0. The molecular weight excluding hydrogens is 220 g/mol. The Morgan fingerprint density at radius 2 is 1.67 bits per heavy atom. The third-order valence-corrected chi connectivity index (χ3v) is 3.32. The van der Waals surface area contributed by atoms with Gasteiger partial charge in [0.1, 0.15) is 6.21 Å². The van der Waals surface area contributed by atoms with E-state index in [-0.39, 0.29) is 0 Å². The van der Waals surface area contributed by atoms with Crippen LogP contribution in [0.1, 0.15) is 11.1 Å². The molecule has 2 aliphatic heterocycles. The summed E-state index contributed by atoms with van der Waals surface area (Å²) < 4.78 is 0. The second-order valence-electron chi connectivity index (χ2n) is 4.54. The van der Waals surface area contributed by atoms with Crippen LogP contribution in [0.2, 0.25) is 0 Å². The maximum atomic E-state index is 3.30. The fraction of sp³-hybridized carbons (Fsp3) is 0.188. The van der Waals surface area contributed by atoms with E-state index < -0.39 is 0 Å². The van der Waals surface area contributed by atoms with Crippen LogP contribution >= 0.6 is 0 Å². The molecule has 2 aromatic carbocycles. The second-order valence-corrected chi connectivity index (χ2v) is 4.54. The molecule has 2 aromatic rings. The number of benzene rings is 2. The summed E-state index contributed by atoms with van der Waals surface area (Å²) in [6.45, 7) is 1.11. The molecule has 0 atom stereocenters. The molecule has 2 heteroatoms. The van der Waals surface area contributed by atoms with Crippen LogP contribution < -0.4 is 10.3 Å². The minimum atomic E-state index is 1.07. The number of rotatable bonds is 0.